The van der Waals surface area contributed by atoms with Gasteiger partial charge in [-0.1, -0.05) is 6.92 Å². The lowest BCUT2D eigenvalue weighted by atomic mass is 10.1. The smallest absolute Gasteiger partial charge is 0.410 e. The van der Waals surface area contributed by atoms with Crippen LogP contribution in [-0.2, 0) is 4.74 Å². The summed E-state index contributed by atoms with van der Waals surface area (Å²) in [5.41, 5.74) is 0. The van der Waals surface area contributed by atoms with E-state index in [0.717, 1.165) is 32.6 Å². The molecular formula is C11H20N2O3. The number of carbonyl (C=O) groups excluding carboxylic acids is 1. The maximum absolute atomic E-state index is 11.5. The number of cyclic esters (lactones) is 1. The first-order valence-corrected chi connectivity index (χ1v) is 6.01. The van der Waals surface area contributed by atoms with Crippen LogP contribution in [0.4, 0.5) is 4.79 Å². The molecule has 0 bridgehead atoms. The molecule has 0 aromatic carbocycles. The maximum Gasteiger partial charge on any atom is 0.410 e. The van der Waals surface area contributed by atoms with Gasteiger partial charge in [0.2, 0.25) is 0 Å². The summed E-state index contributed by atoms with van der Waals surface area (Å²) >= 11 is 0. The molecule has 2 fully saturated rings. The molecule has 0 radical (unpaired) electrons. The van der Waals surface area contributed by atoms with E-state index < -0.39 is 0 Å². The molecule has 1 N–H and O–H groups in total. The van der Waals surface area contributed by atoms with Crippen LogP contribution in [0.1, 0.15) is 13.3 Å². The minimum atomic E-state index is -0.269. The van der Waals surface area contributed by atoms with E-state index in [0.29, 0.717) is 12.5 Å². The van der Waals surface area contributed by atoms with E-state index in [-0.39, 0.29) is 18.7 Å². The van der Waals surface area contributed by atoms with Gasteiger partial charge in [0.25, 0.3) is 0 Å². The fourth-order valence-corrected chi connectivity index (χ4v) is 2.49. The highest BCUT2D eigenvalue weighted by Crippen LogP contribution is 2.21. The zero-order valence-corrected chi connectivity index (χ0v) is 9.76. The lowest BCUT2D eigenvalue weighted by molar-refractivity contribution is 0.144. The van der Waals surface area contributed by atoms with Crippen molar-refractivity contribution in [3.05, 3.63) is 0 Å². The van der Waals surface area contributed by atoms with Crippen molar-refractivity contribution in [3.8, 4) is 0 Å². The number of amides is 1. The monoisotopic (exact) mass is 228 g/mol. The molecule has 2 heterocycles. The maximum atomic E-state index is 11.5. The van der Waals surface area contributed by atoms with Crippen LogP contribution < -0.4 is 0 Å². The normalized spacial score (nSPS) is 31.1. The number of carbonyl (C=O) groups is 1. The number of nitrogens with zero attached hydrogens (tertiary/aromatic N) is 2. The van der Waals surface area contributed by atoms with Crippen LogP contribution in [0, 0.1) is 5.92 Å². The van der Waals surface area contributed by atoms with Gasteiger partial charge in [-0.25, -0.2) is 4.79 Å². The lowest BCUT2D eigenvalue weighted by Gasteiger charge is -2.23. The largest absolute Gasteiger partial charge is 0.447 e. The van der Waals surface area contributed by atoms with Gasteiger partial charge in [-0.3, -0.25) is 4.90 Å². The zero-order chi connectivity index (χ0) is 11.5. The Morgan fingerprint density at radius 1 is 1.56 bits per heavy atom. The predicted molar refractivity (Wildman–Crippen MR) is 59.1 cm³/mol. The molecule has 5 heteroatoms. The fourth-order valence-electron chi connectivity index (χ4n) is 2.49. The Labute approximate surface area is 96.0 Å². The molecule has 92 valence electrons. The van der Waals surface area contributed by atoms with Crippen LogP contribution in [0.3, 0.4) is 0 Å². The summed E-state index contributed by atoms with van der Waals surface area (Å²) in [6.07, 6.45) is 0.865. The molecule has 2 unspecified atom stereocenters. The van der Waals surface area contributed by atoms with Gasteiger partial charge in [0.15, 0.2) is 0 Å². The molecule has 0 saturated carbocycles. The molecule has 0 aliphatic carbocycles. The van der Waals surface area contributed by atoms with Crippen molar-refractivity contribution >= 4 is 6.09 Å². The molecule has 2 atom stereocenters. The summed E-state index contributed by atoms with van der Waals surface area (Å²) in [4.78, 5) is 15.5. The minimum absolute atomic E-state index is 0.00402. The van der Waals surface area contributed by atoms with E-state index in [9.17, 15) is 4.79 Å². The third kappa shape index (κ3) is 2.30. The quantitative estimate of drug-likeness (QED) is 0.743. The SMILES string of the molecule is CCN1CCC(CN2C(=O)OCC2CO)C1. The van der Waals surface area contributed by atoms with Crippen LogP contribution in [0.15, 0.2) is 0 Å². The Hall–Kier alpha value is -0.810. The number of aliphatic hydroxyl groups is 1. The van der Waals surface area contributed by atoms with Gasteiger partial charge < -0.3 is 14.7 Å². The molecule has 0 aromatic heterocycles. The lowest BCUT2D eigenvalue weighted by Crippen LogP contribution is -2.40. The first-order valence-electron chi connectivity index (χ1n) is 6.01. The Balaban J connectivity index is 1.86. The molecule has 2 aliphatic rings. The van der Waals surface area contributed by atoms with Gasteiger partial charge in [-0.05, 0) is 25.4 Å². The Bertz CT molecular complexity index is 260. The number of hydrogen-bond donors (Lipinski definition) is 1. The fraction of sp³-hybridized carbons (Fsp3) is 0.909. The number of rotatable bonds is 4. The molecule has 16 heavy (non-hydrogen) atoms. The van der Waals surface area contributed by atoms with Crippen molar-refractivity contribution < 1.29 is 14.6 Å². The van der Waals surface area contributed by atoms with Crippen molar-refractivity contribution in [3.63, 3.8) is 0 Å². The third-order valence-corrected chi connectivity index (χ3v) is 3.56. The Kier molecular flexibility index (Phi) is 3.66. The number of likely N-dealkylation sites (tertiary alicyclic amines) is 1. The predicted octanol–water partition coefficient (Wildman–Crippen LogP) is 0.141. The van der Waals surface area contributed by atoms with Gasteiger partial charge in [-0.15, -0.1) is 0 Å². The summed E-state index contributed by atoms with van der Waals surface area (Å²) in [6, 6.07) is -0.136. The van der Waals surface area contributed by atoms with Crippen LogP contribution in [0.25, 0.3) is 0 Å². The summed E-state index contributed by atoms with van der Waals surface area (Å²) in [5.74, 6) is 0.527. The topological polar surface area (TPSA) is 53.0 Å². The number of hydrogen-bond acceptors (Lipinski definition) is 4. The molecular weight excluding hydrogens is 208 g/mol. The highest BCUT2D eigenvalue weighted by atomic mass is 16.6. The average molecular weight is 228 g/mol. The van der Waals surface area contributed by atoms with E-state index >= 15 is 0 Å². The molecule has 5 nitrogen and oxygen atoms in total. The molecule has 2 saturated heterocycles. The number of ether oxygens (including phenoxy) is 1. The van der Waals surface area contributed by atoms with Gasteiger partial charge >= 0.3 is 6.09 Å². The zero-order valence-electron chi connectivity index (χ0n) is 9.76. The number of aliphatic hydroxyl groups excluding tert-OH is 1. The van der Waals surface area contributed by atoms with Gasteiger partial charge in [-0.2, -0.15) is 0 Å². The Morgan fingerprint density at radius 2 is 2.38 bits per heavy atom. The van der Waals surface area contributed by atoms with Gasteiger partial charge in [0, 0.05) is 13.1 Å². The first-order chi connectivity index (χ1) is 7.74. The average Bonchev–Trinajstić information content (AvgIpc) is 2.88. The van der Waals surface area contributed by atoms with E-state index in [1.807, 2.05) is 0 Å². The van der Waals surface area contributed by atoms with Gasteiger partial charge in [0.1, 0.15) is 6.61 Å². The van der Waals surface area contributed by atoms with Crippen molar-refractivity contribution in [2.45, 2.75) is 19.4 Å². The van der Waals surface area contributed by atoms with Gasteiger partial charge in [0.05, 0.1) is 12.6 Å². The van der Waals surface area contributed by atoms with E-state index in [2.05, 4.69) is 11.8 Å². The van der Waals surface area contributed by atoms with Crippen LogP contribution in [0.2, 0.25) is 0 Å². The van der Waals surface area contributed by atoms with E-state index in [1.54, 1.807) is 4.90 Å². The molecule has 1 amide bonds. The molecule has 2 aliphatic heterocycles. The standard InChI is InChI=1S/C11H20N2O3/c1-2-12-4-3-9(5-12)6-13-10(7-14)8-16-11(13)15/h9-10,14H,2-8H2,1H3. The van der Waals surface area contributed by atoms with Crippen molar-refractivity contribution in [1.29, 1.82) is 0 Å². The van der Waals surface area contributed by atoms with Crippen molar-refractivity contribution in [2.24, 2.45) is 5.92 Å². The van der Waals surface area contributed by atoms with Crippen LogP contribution >= 0.6 is 0 Å². The minimum Gasteiger partial charge on any atom is -0.447 e. The summed E-state index contributed by atoms with van der Waals surface area (Å²) in [6.45, 7) is 6.45. The van der Waals surface area contributed by atoms with E-state index in [1.165, 1.54) is 0 Å². The first kappa shape index (κ1) is 11.7. The second-order valence-corrected chi connectivity index (χ2v) is 4.61. The van der Waals surface area contributed by atoms with Crippen LogP contribution in [-0.4, -0.2) is 66.4 Å². The molecule has 0 spiro atoms. The highest BCUT2D eigenvalue weighted by molar-refractivity contribution is 5.70. The van der Waals surface area contributed by atoms with E-state index in [4.69, 9.17) is 9.84 Å². The second kappa shape index (κ2) is 5.01. The Morgan fingerprint density at radius 3 is 3.00 bits per heavy atom. The van der Waals surface area contributed by atoms with Crippen LogP contribution in [0.5, 0.6) is 0 Å². The second-order valence-electron chi connectivity index (χ2n) is 4.61. The highest BCUT2D eigenvalue weighted by Gasteiger charge is 2.35. The summed E-state index contributed by atoms with van der Waals surface area (Å²) in [7, 11) is 0. The van der Waals surface area contributed by atoms with Crippen molar-refractivity contribution in [2.75, 3.05) is 39.4 Å². The summed E-state index contributed by atoms with van der Waals surface area (Å²) in [5, 5.41) is 9.14. The molecule has 2 rings (SSSR count). The summed E-state index contributed by atoms with van der Waals surface area (Å²) < 4.78 is 4.95. The van der Waals surface area contributed by atoms with Crippen molar-refractivity contribution in [1.82, 2.24) is 9.80 Å². The molecule has 0 aromatic rings. The third-order valence-electron chi connectivity index (χ3n) is 3.56.